The van der Waals surface area contributed by atoms with Crippen molar-refractivity contribution in [2.45, 2.75) is 32.2 Å². The smallest absolute Gasteiger partial charge is 0.216 e. The van der Waals surface area contributed by atoms with Crippen LogP contribution >= 0.6 is 0 Å². The third-order valence-electron chi connectivity index (χ3n) is 3.19. The normalized spacial score (nSPS) is 20.2. The van der Waals surface area contributed by atoms with E-state index in [0.29, 0.717) is 12.5 Å². The molecule has 0 aromatic carbocycles. The Morgan fingerprint density at radius 1 is 1.71 bits per heavy atom. The number of piperidine rings is 1. The van der Waals surface area contributed by atoms with E-state index in [2.05, 4.69) is 20.2 Å². The van der Waals surface area contributed by atoms with E-state index < -0.39 is 0 Å². The Hall–Kier alpha value is -1.36. The second kappa shape index (κ2) is 5.82. The molecule has 1 aliphatic heterocycles. The summed E-state index contributed by atoms with van der Waals surface area (Å²) in [5.41, 5.74) is 1.28. The molecule has 1 aromatic rings. The number of hydrogen-bond donors (Lipinski definition) is 2. The van der Waals surface area contributed by atoms with Crippen LogP contribution in [0.4, 0.5) is 0 Å². The molecule has 0 spiro atoms. The zero-order valence-electron chi connectivity index (χ0n) is 10.3. The van der Waals surface area contributed by atoms with Gasteiger partial charge in [-0.25, -0.2) is 4.98 Å². The molecule has 2 heterocycles. The summed E-state index contributed by atoms with van der Waals surface area (Å²) in [6.45, 7) is 5.16. The van der Waals surface area contributed by atoms with Crippen LogP contribution in [0.1, 0.15) is 31.4 Å². The van der Waals surface area contributed by atoms with Crippen molar-refractivity contribution in [3.05, 3.63) is 18.2 Å². The van der Waals surface area contributed by atoms with Gasteiger partial charge in [-0.2, -0.15) is 0 Å². The minimum Gasteiger partial charge on any atom is -0.355 e. The van der Waals surface area contributed by atoms with Crippen LogP contribution in [0.25, 0.3) is 0 Å². The van der Waals surface area contributed by atoms with Gasteiger partial charge in [0.25, 0.3) is 0 Å². The Morgan fingerprint density at radius 3 is 3.29 bits per heavy atom. The molecule has 1 atom stereocenters. The van der Waals surface area contributed by atoms with E-state index in [0.717, 1.165) is 19.6 Å². The molecule has 1 aliphatic rings. The molecule has 1 amide bonds. The average Bonchev–Trinajstić information content (AvgIpc) is 2.78. The quantitative estimate of drug-likeness (QED) is 0.799. The van der Waals surface area contributed by atoms with Gasteiger partial charge in [-0.3, -0.25) is 4.79 Å². The Morgan fingerprint density at radius 2 is 2.59 bits per heavy atom. The summed E-state index contributed by atoms with van der Waals surface area (Å²) >= 11 is 0. The number of hydrogen-bond acceptors (Lipinski definition) is 3. The van der Waals surface area contributed by atoms with Crippen molar-refractivity contribution < 1.29 is 4.79 Å². The SMILES string of the molecule is CC(=O)NCCn1cncc1C1CCCNC1. The lowest BCUT2D eigenvalue weighted by Gasteiger charge is -2.23. The van der Waals surface area contributed by atoms with Gasteiger partial charge < -0.3 is 15.2 Å². The molecular formula is C12H20N4O. The number of amides is 1. The lowest BCUT2D eigenvalue weighted by molar-refractivity contribution is -0.118. The Bertz CT molecular complexity index is 368. The molecule has 1 unspecified atom stereocenters. The number of aromatic nitrogens is 2. The number of carbonyl (C=O) groups is 1. The van der Waals surface area contributed by atoms with Crippen LogP contribution in [0.15, 0.2) is 12.5 Å². The molecule has 17 heavy (non-hydrogen) atoms. The number of rotatable bonds is 4. The zero-order valence-corrected chi connectivity index (χ0v) is 10.3. The Labute approximate surface area is 102 Å². The lowest BCUT2D eigenvalue weighted by Crippen LogP contribution is -2.30. The maximum absolute atomic E-state index is 10.8. The van der Waals surface area contributed by atoms with Crippen molar-refractivity contribution in [2.75, 3.05) is 19.6 Å². The van der Waals surface area contributed by atoms with E-state index in [-0.39, 0.29) is 5.91 Å². The van der Waals surface area contributed by atoms with Gasteiger partial charge in [0.2, 0.25) is 5.91 Å². The van der Waals surface area contributed by atoms with E-state index in [1.54, 1.807) is 6.92 Å². The number of nitrogens with zero attached hydrogens (tertiary/aromatic N) is 2. The first kappa shape index (κ1) is 12.1. The average molecular weight is 236 g/mol. The minimum atomic E-state index is 0.0194. The molecule has 0 saturated carbocycles. The van der Waals surface area contributed by atoms with Crippen LogP contribution < -0.4 is 10.6 Å². The van der Waals surface area contributed by atoms with E-state index in [4.69, 9.17) is 0 Å². The second-order valence-electron chi connectivity index (χ2n) is 4.54. The van der Waals surface area contributed by atoms with Crippen LogP contribution in [-0.2, 0) is 11.3 Å². The summed E-state index contributed by atoms with van der Waals surface area (Å²) in [5, 5.41) is 6.22. The Kier molecular flexibility index (Phi) is 4.14. The summed E-state index contributed by atoms with van der Waals surface area (Å²) in [5.74, 6) is 0.578. The highest BCUT2D eigenvalue weighted by Crippen LogP contribution is 2.22. The van der Waals surface area contributed by atoms with Gasteiger partial charge >= 0.3 is 0 Å². The molecule has 2 rings (SSSR count). The summed E-state index contributed by atoms with van der Waals surface area (Å²) in [6.07, 6.45) is 6.25. The first-order valence-electron chi connectivity index (χ1n) is 6.22. The third-order valence-corrected chi connectivity index (χ3v) is 3.19. The van der Waals surface area contributed by atoms with Crippen molar-refractivity contribution in [1.82, 2.24) is 20.2 Å². The third kappa shape index (κ3) is 3.30. The second-order valence-corrected chi connectivity index (χ2v) is 4.54. The fraction of sp³-hybridized carbons (Fsp3) is 0.667. The zero-order chi connectivity index (χ0) is 12.1. The fourth-order valence-electron chi connectivity index (χ4n) is 2.31. The van der Waals surface area contributed by atoms with E-state index in [1.165, 1.54) is 18.5 Å². The number of carbonyl (C=O) groups excluding carboxylic acids is 1. The predicted molar refractivity (Wildman–Crippen MR) is 65.8 cm³/mol. The van der Waals surface area contributed by atoms with Crippen molar-refractivity contribution in [3.63, 3.8) is 0 Å². The van der Waals surface area contributed by atoms with Crippen molar-refractivity contribution in [2.24, 2.45) is 0 Å². The summed E-state index contributed by atoms with van der Waals surface area (Å²) in [4.78, 5) is 15.0. The highest BCUT2D eigenvalue weighted by Gasteiger charge is 2.18. The standard InChI is InChI=1S/C12H20N4O/c1-10(17)15-5-6-16-9-14-8-12(16)11-3-2-4-13-7-11/h8-9,11,13H,2-7H2,1H3,(H,15,17). The molecule has 2 N–H and O–H groups in total. The molecule has 0 bridgehead atoms. The molecule has 0 radical (unpaired) electrons. The molecule has 5 heteroatoms. The summed E-state index contributed by atoms with van der Waals surface area (Å²) in [6, 6.07) is 0. The van der Waals surface area contributed by atoms with Crippen molar-refractivity contribution in [3.8, 4) is 0 Å². The molecule has 1 aromatic heterocycles. The van der Waals surface area contributed by atoms with Gasteiger partial charge in [-0.05, 0) is 19.4 Å². The Balaban J connectivity index is 1.93. The van der Waals surface area contributed by atoms with E-state index in [9.17, 15) is 4.79 Å². The van der Waals surface area contributed by atoms with Crippen LogP contribution in [0.3, 0.4) is 0 Å². The molecule has 94 valence electrons. The first-order chi connectivity index (χ1) is 8.27. The lowest BCUT2D eigenvalue weighted by atomic mass is 9.96. The van der Waals surface area contributed by atoms with E-state index >= 15 is 0 Å². The topological polar surface area (TPSA) is 59.0 Å². The van der Waals surface area contributed by atoms with Crippen LogP contribution in [0.5, 0.6) is 0 Å². The maximum Gasteiger partial charge on any atom is 0.216 e. The monoisotopic (exact) mass is 236 g/mol. The van der Waals surface area contributed by atoms with E-state index in [1.807, 2.05) is 12.5 Å². The first-order valence-corrected chi connectivity index (χ1v) is 6.22. The van der Waals surface area contributed by atoms with Crippen molar-refractivity contribution in [1.29, 1.82) is 0 Å². The molecule has 1 fully saturated rings. The maximum atomic E-state index is 10.8. The van der Waals surface area contributed by atoms with Gasteiger partial charge in [0.15, 0.2) is 0 Å². The van der Waals surface area contributed by atoms with Crippen LogP contribution in [0.2, 0.25) is 0 Å². The fourth-order valence-corrected chi connectivity index (χ4v) is 2.31. The van der Waals surface area contributed by atoms with Gasteiger partial charge in [0.05, 0.1) is 6.33 Å². The van der Waals surface area contributed by atoms with Gasteiger partial charge in [-0.15, -0.1) is 0 Å². The van der Waals surface area contributed by atoms with Gasteiger partial charge in [-0.1, -0.05) is 0 Å². The van der Waals surface area contributed by atoms with Gasteiger partial charge in [0, 0.05) is 44.4 Å². The molecule has 1 saturated heterocycles. The summed E-state index contributed by atoms with van der Waals surface area (Å²) < 4.78 is 2.15. The molecule has 0 aliphatic carbocycles. The van der Waals surface area contributed by atoms with Crippen LogP contribution in [-0.4, -0.2) is 35.1 Å². The highest BCUT2D eigenvalue weighted by molar-refractivity contribution is 5.72. The van der Waals surface area contributed by atoms with Gasteiger partial charge in [0.1, 0.15) is 0 Å². The number of nitrogens with one attached hydrogen (secondary N) is 2. The minimum absolute atomic E-state index is 0.0194. The molecular weight excluding hydrogens is 216 g/mol. The largest absolute Gasteiger partial charge is 0.355 e. The number of imidazole rings is 1. The molecule has 5 nitrogen and oxygen atoms in total. The predicted octanol–water partition coefficient (Wildman–Crippen LogP) is 0.486. The van der Waals surface area contributed by atoms with Crippen molar-refractivity contribution >= 4 is 5.91 Å². The summed E-state index contributed by atoms with van der Waals surface area (Å²) in [7, 11) is 0. The van der Waals surface area contributed by atoms with Crippen LogP contribution in [0, 0.1) is 0 Å². The highest BCUT2D eigenvalue weighted by atomic mass is 16.1.